The Morgan fingerprint density at radius 3 is 2.86 bits per heavy atom. The number of nitriles is 1. The van der Waals surface area contributed by atoms with Crippen LogP contribution >= 0.6 is 15.9 Å². The topological polar surface area (TPSA) is 68.5 Å². The molecule has 0 amide bonds. The van der Waals surface area contributed by atoms with Crippen molar-refractivity contribution in [3.8, 4) is 24.2 Å². The Morgan fingerprint density at radius 2 is 2.23 bits per heavy atom. The summed E-state index contributed by atoms with van der Waals surface area (Å²) in [6, 6.07) is 6.99. The molecule has 5 nitrogen and oxygen atoms in total. The predicted octanol–water partition coefficient (Wildman–Crippen LogP) is 2.56. The Bertz CT molecular complexity index is 641. The minimum absolute atomic E-state index is 0.0767. The second-order valence-electron chi connectivity index (χ2n) is 3.97. The largest absolute Gasteiger partial charge is 0.480 e. The Balaban J connectivity index is 3.01. The third-order valence-corrected chi connectivity index (χ3v) is 2.94. The SMILES string of the molecule is C#CCOc1ccc(Br)cc1/C=C(\C#N)C(=O)OCCOC. The molecule has 1 rings (SSSR count). The highest BCUT2D eigenvalue weighted by molar-refractivity contribution is 9.10. The van der Waals surface area contributed by atoms with E-state index in [9.17, 15) is 4.79 Å². The lowest BCUT2D eigenvalue weighted by atomic mass is 10.1. The van der Waals surface area contributed by atoms with Crippen LogP contribution in [0.15, 0.2) is 28.2 Å². The summed E-state index contributed by atoms with van der Waals surface area (Å²) in [5.41, 5.74) is 0.407. The van der Waals surface area contributed by atoms with Gasteiger partial charge in [0.15, 0.2) is 0 Å². The van der Waals surface area contributed by atoms with Crippen LogP contribution in [0.2, 0.25) is 0 Å². The van der Waals surface area contributed by atoms with E-state index < -0.39 is 5.97 Å². The monoisotopic (exact) mass is 363 g/mol. The quantitative estimate of drug-likeness (QED) is 0.245. The molecule has 0 saturated heterocycles. The number of carbonyl (C=O) groups excluding carboxylic acids is 1. The molecule has 114 valence electrons. The molecule has 1 aromatic carbocycles. The summed E-state index contributed by atoms with van der Waals surface area (Å²) in [4.78, 5) is 11.8. The maximum absolute atomic E-state index is 11.8. The van der Waals surface area contributed by atoms with Gasteiger partial charge in [0.1, 0.15) is 30.6 Å². The Hall–Kier alpha value is -2.28. The summed E-state index contributed by atoms with van der Waals surface area (Å²) in [5.74, 6) is 2.11. The highest BCUT2D eigenvalue weighted by Gasteiger charge is 2.12. The first-order chi connectivity index (χ1) is 10.6. The summed E-state index contributed by atoms with van der Waals surface area (Å²) >= 11 is 3.32. The van der Waals surface area contributed by atoms with Crippen LogP contribution in [0.3, 0.4) is 0 Å². The Morgan fingerprint density at radius 1 is 1.45 bits per heavy atom. The van der Waals surface area contributed by atoms with Gasteiger partial charge < -0.3 is 14.2 Å². The number of hydrogen-bond acceptors (Lipinski definition) is 5. The molecule has 0 bridgehead atoms. The van der Waals surface area contributed by atoms with Crippen LogP contribution in [0.5, 0.6) is 5.75 Å². The van der Waals surface area contributed by atoms with E-state index >= 15 is 0 Å². The Labute approximate surface area is 137 Å². The molecule has 0 aromatic heterocycles. The minimum atomic E-state index is -0.720. The number of methoxy groups -OCH3 is 1. The van der Waals surface area contributed by atoms with E-state index in [1.807, 2.05) is 6.07 Å². The first kappa shape index (κ1) is 17.8. The molecule has 0 N–H and O–H groups in total. The van der Waals surface area contributed by atoms with Gasteiger partial charge in [-0.2, -0.15) is 5.26 Å². The molecular formula is C16H14BrNO4. The summed E-state index contributed by atoms with van der Waals surface area (Å²) < 4.78 is 15.9. The fourth-order valence-electron chi connectivity index (χ4n) is 1.47. The predicted molar refractivity (Wildman–Crippen MR) is 84.9 cm³/mol. The number of ether oxygens (including phenoxy) is 3. The maximum Gasteiger partial charge on any atom is 0.348 e. The molecule has 0 heterocycles. The number of hydrogen-bond donors (Lipinski definition) is 0. The zero-order chi connectivity index (χ0) is 16.4. The number of halogens is 1. The lowest BCUT2D eigenvalue weighted by Gasteiger charge is -2.08. The van der Waals surface area contributed by atoms with Crippen LogP contribution in [-0.4, -0.2) is 32.9 Å². The van der Waals surface area contributed by atoms with E-state index in [1.54, 1.807) is 18.2 Å². The van der Waals surface area contributed by atoms with Crippen LogP contribution in [0.4, 0.5) is 0 Å². The van der Waals surface area contributed by atoms with Crippen molar-refractivity contribution in [3.63, 3.8) is 0 Å². The molecule has 0 saturated carbocycles. The van der Waals surface area contributed by atoms with Crippen molar-refractivity contribution in [2.75, 3.05) is 26.9 Å². The first-order valence-electron chi connectivity index (χ1n) is 6.26. The van der Waals surface area contributed by atoms with Crippen LogP contribution in [0, 0.1) is 23.7 Å². The van der Waals surface area contributed by atoms with Crippen molar-refractivity contribution in [1.82, 2.24) is 0 Å². The van der Waals surface area contributed by atoms with Crippen LogP contribution in [0.25, 0.3) is 6.08 Å². The van der Waals surface area contributed by atoms with Crippen LogP contribution in [0.1, 0.15) is 5.56 Å². The molecule has 0 unspecified atom stereocenters. The molecule has 6 heteroatoms. The zero-order valence-electron chi connectivity index (χ0n) is 12.0. The number of nitrogens with zero attached hydrogens (tertiary/aromatic N) is 1. The molecule has 0 aliphatic carbocycles. The smallest absolute Gasteiger partial charge is 0.348 e. The molecule has 0 aliphatic rings. The van der Waals surface area contributed by atoms with Gasteiger partial charge >= 0.3 is 5.97 Å². The number of carbonyl (C=O) groups is 1. The van der Waals surface area contributed by atoms with Gasteiger partial charge in [-0.25, -0.2) is 4.79 Å². The average molecular weight is 364 g/mol. The molecule has 22 heavy (non-hydrogen) atoms. The molecule has 0 atom stereocenters. The third-order valence-electron chi connectivity index (χ3n) is 2.44. The standard InChI is InChI=1S/C16H14BrNO4/c1-3-6-21-15-5-4-14(17)10-12(15)9-13(11-18)16(19)22-8-7-20-2/h1,4-5,9-10H,6-8H2,2H3/b13-9+. The zero-order valence-corrected chi connectivity index (χ0v) is 13.6. The van der Waals surface area contributed by atoms with Crippen molar-refractivity contribution < 1.29 is 19.0 Å². The van der Waals surface area contributed by atoms with Gasteiger partial charge in [-0.1, -0.05) is 21.9 Å². The van der Waals surface area contributed by atoms with E-state index in [0.29, 0.717) is 11.3 Å². The van der Waals surface area contributed by atoms with Gasteiger partial charge in [-0.3, -0.25) is 0 Å². The van der Waals surface area contributed by atoms with E-state index in [0.717, 1.165) is 4.47 Å². The van der Waals surface area contributed by atoms with E-state index in [2.05, 4.69) is 21.9 Å². The molecule has 0 spiro atoms. The fourth-order valence-corrected chi connectivity index (χ4v) is 1.85. The molecular weight excluding hydrogens is 350 g/mol. The van der Waals surface area contributed by atoms with Crippen LogP contribution < -0.4 is 4.74 Å². The second-order valence-corrected chi connectivity index (χ2v) is 4.89. The number of esters is 1. The molecule has 0 fully saturated rings. The van der Waals surface area contributed by atoms with E-state index in [1.165, 1.54) is 13.2 Å². The molecule has 1 aromatic rings. The third kappa shape index (κ3) is 5.61. The lowest BCUT2D eigenvalue weighted by molar-refractivity contribution is -0.139. The highest BCUT2D eigenvalue weighted by Crippen LogP contribution is 2.25. The van der Waals surface area contributed by atoms with Crippen molar-refractivity contribution in [3.05, 3.63) is 33.8 Å². The summed E-state index contributed by atoms with van der Waals surface area (Å²) in [5, 5.41) is 9.12. The van der Waals surface area contributed by atoms with Crippen molar-refractivity contribution >= 4 is 28.0 Å². The second kappa shape index (κ2) is 9.62. The first-order valence-corrected chi connectivity index (χ1v) is 7.05. The van der Waals surface area contributed by atoms with Crippen molar-refractivity contribution in [1.29, 1.82) is 5.26 Å². The highest BCUT2D eigenvalue weighted by atomic mass is 79.9. The van der Waals surface area contributed by atoms with Gasteiger partial charge in [0, 0.05) is 17.1 Å². The van der Waals surface area contributed by atoms with Gasteiger partial charge in [0.25, 0.3) is 0 Å². The molecule has 0 aliphatic heterocycles. The summed E-state index contributed by atoms with van der Waals surface area (Å²) in [7, 11) is 1.49. The Kier molecular flexibility index (Phi) is 7.77. The number of benzene rings is 1. The van der Waals surface area contributed by atoms with Gasteiger partial charge in [0.05, 0.1) is 6.61 Å². The van der Waals surface area contributed by atoms with Gasteiger partial charge in [0.2, 0.25) is 0 Å². The van der Waals surface area contributed by atoms with E-state index in [4.69, 9.17) is 25.9 Å². The average Bonchev–Trinajstić information content (AvgIpc) is 2.51. The summed E-state index contributed by atoms with van der Waals surface area (Å²) in [6.07, 6.45) is 6.56. The number of terminal acetylenes is 1. The normalized spacial score (nSPS) is 10.5. The van der Waals surface area contributed by atoms with Crippen LogP contribution in [-0.2, 0) is 14.3 Å². The lowest BCUT2D eigenvalue weighted by Crippen LogP contribution is -2.11. The molecule has 0 radical (unpaired) electrons. The van der Waals surface area contributed by atoms with E-state index in [-0.39, 0.29) is 25.4 Å². The minimum Gasteiger partial charge on any atom is -0.480 e. The fraction of sp³-hybridized carbons (Fsp3) is 0.250. The summed E-state index contributed by atoms with van der Waals surface area (Å²) in [6.45, 7) is 0.424. The van der Waals surface area contributed by atoms with Gasteiger partial charge in [-0.15, -0.1) is 6.42 Å². The maximum atomic E-state index is 11.8. The van der Waals surface area contributed by atoms with Crippen molar-refractivity contribution in [2.24, 2.45) is 0 Å². The van der Waals surface area contributed by atoms with Crippen molar-refractivity contribution in [2.45, 2.75) is 0 Å². The van der Waals surface area contributed by atoms with Gasteiger partial charge in [-0.05, 0) is 24.3 Å². The number of rotatable bonds is 7.